The summed E-state index contributed by atoms with van der Waals surface area (Å²) in [5, 5.41) is 3.14. The van der Waals surface area contributed by atoms with Gasteiger partial charge in [0.05, 0.1) is 23.4 Å². The largest absolute Gasteiger partial charge is 0.348 e. The van der Waals surface area contributed by atoms with Gasteiger partial charge in [0.15, 0.2) is 0 Å². The monoisotopic (exact) mass is 322 g/mol. The van der Waals surface area contributed by atoms with Crippen LogP contribution in [-0.2, 0) is 11.3 Å². The van der Waals surface area contributed by atoms with Gasteiger partial charge in [0, 0.05) is 12.4 Å². The van der Waals surface area contributed by atoms with Gasteiger partial charge in [-0.2, -0.15) is 0 Å². The molecule has 3 rings (SSSR count). The molecule has 0 aliphatic carbocycles. The van der Waals surface area contributed by atoms with E-state index in [1.807, 2.05) is 47.2 Å². The number of benzene rings is 1. The van der Waals surface area contributed by atoms with E-state index in [4.69, 9.17) is 0 Å². The smallest absolute Gasteiger partial charge is 0.240 e. The number of hydrogen-bond donors (Lipinski definition) is 1. The van der Waals surface area contributed by atoms with Crippen LogP contribution in [0.1, 0.15) is 37.8 Å². The first-order valence-corrected chi connectivity index (χ1v) is 8.37. The summed E-state index contributed by atoms with van der Waals surface area (Å²) in [6.07, 6.45) is 8.37. The van der Waals surface area contributed by atoms with Crippen LogP contribution in [-0.4, -0.2) is 20.4 Å². The van der Waals surface area contributed by atoms with Gasteiger partial charge >= 0.3 is 0 Å². The van der Waals surface area contributed by atoms with Crippen molar-refractivity contribution >= 4 is 16.9 Å². The lowest BCUT2D eigenvalue weighted by molar-refractivity contribution is -0.122. The molecule has 1 aromatic carbocycles. The highest BCUT2D eigenvalue weighted by atomic mass is 16.2. The summed E-state index contributed by atoms with van der Waals surface area (Å²) in [5.41, 5.74) is 2.93. The Morgan fingerprint density at radius 2 is 2.12 bits per heavy atom. The van der Waals surface area contributed by atoms with Gasteiger partial charge in [-0.3, -0.25) is 9.78 Å². The van der Waals surface area contributed by atoms with E-state index in [-0.39, 0.29) is 18.5 Å². The highest BCUT2D eigenvalue weighted by Gasteiger charge is 2.15. The summed E-state index contributed by atoms with van der Waals surface area (Å²) in [6, 6.07) is 11.8. The molecule has 0 saturated carbocycles. The molecule has 2 aromatic heterocycles. The minimum Gasteiger partial charge on any atom is -0.348 e. The summed E-state index contributed by atoms with van der Waals surface area (Å²) >= 11 is 0. The van der Waals surface area contributed by atoms with Crippen molar-refractivity contribution in [1.29, 1.82) is 0 Å². The van der Waals surface area contributed by atoms with E-state index in [1.54, 1.807) is 12.5 Å². The molecular formula is C19H22N4O. The van der Waals surface area contributed by atoms with Crippen molar-refractivity contribution < 1.29 is 4.79 Å². The Morgan fingerprint density at radius 1 is 1.25 bits per heavy atom. The third kappa shape index (κ3) is 3.79. The number of amides is 1. The van der Waals surface area contributed by atoms with Crippen molar-refractivity contribution in [3.63, 3.8) is 0 Å². The van der Waals surface area contributed by atoms with E-state index >= 15 is 0 Å². The molecule has 2 heterocycles. The van der Waals surface area contributed by atoms with E-state index in [0.717, 1.165) is 35.9 Å². The normalized spacial score (nSPS) is 12.2. The average molecular weight is 322 g/mol. The fourth-order valence-electron chi connectivity index (χ4n) is 2.84. The van der Waals surface area contributed by atoms with Crippen LogP contribution in [0.15, 0.2) is 55.1 Å². The number of nitrogens with zero attached hydrogens (tertiary/aromatic N) is 3. The SMILES string of the molecule is CCCCC(NC(=O)Cn1cnc2ccccc21)c1cccnc1. The molecule has 0 aliphatic heterocycles. The highest BCUT2D eigenvalue weighted by Crippen LogP contribution is 2.19. The molecule has 3 aromatic rings. The van der Waals surface area contributed by atoms with E-state index in [9.17, 15) is 4.79 Å². The molecule has 124 valence electrons. The number of fused-ring (bicyclic) bond motifs is 1. The summed E-state index contributed by atoms with van der Waals surface area (Å²) < 4.78 is 1.88. The van der Waals surface area contributed by atoms with Crippen LogP contribution < -0.4 is 5.32 Å². The fourth-order valence-corrected chi connectivity index (χ4v) is 2.84. The van der Waals surface area contributed by atoms with Crippen LogP contribution in [0.5, 0.6) is 0 Å². The predicted octanol–water partition coefficient (Wildman–Crippen LogP) is 3.48. The zero-order chi connectivity index (χ0) is 16.8. The van der Waals surface area contributed by atoms with Crippen molar-refractivity contribution in [1.82, 2.24) is 19.9 Å². The molecule has 0 spiro atoms. The van der Waals surface area contributed by atoms with Crippen LogP contribution in [0.4, 0.5) is 0 Å². The molecule has 0 aliphatic rings. The van der Waals surface area contributed by atoms with E-state index < -0.39 is 0 Å². The molecule has 1 unspecified atom stereocenters. The number of unbranched alkanes of at least 4 members (excludes halogenated alkanes) is 1. The van der Waals surface area contributed by atoms with E-state index in [2.05, 4.69) is 22.2 Å². The van der Waals surface area contributed by atoms with Crippen molar-refractivity contribution in [2.75, 3.05) is 0 Å². The fraction of sp³-hybridized carbons (Fsp3) is 0.316. The molecule has 0 fully saturated rings. The minimum absolute atomic E-state index is 0.000866. The van der Waals surface area contributed by atoms with Gasteiger partial charge < -0.3 is 9.88 Å². The van der Waals surface area contributed by atoms with Crippen LogP contribution in [0.3, 0.4) is 0 Å². The number of imidazole rings is 1. The first-order chi connectivity index (χ1) is 11.8. The number of para-hydroxylation sites is 2. The van der Waals surface area contributed by atoms with Crippen LogP contribution in [0.25, 0.3) is 11.0 Å². The number of carbonyl (C=O) groups is 1. The van der Waals surface area contributed by atoms with E-state index in [0.29, 0.717) is 0 Å². The third-order valence-electron chi connectivity index (χ3n) is 4.11. The second-order valence-corrected chi connectivity index (χ2v) is 5.91. The summed E-state index contributed by atoms with van der Waals surface area (Å²) in [6.45, 7) is 2.42. The maximum atomic E-state index is 12.5. The molecule has 1 N–H and O–H groups in total. The zero-order valence-corrected chi connectivity index (χ0v) is 13.9. The highest BCUT2D eigenvalue weighted by molar-refractivity contribution is 5.80. The number of aromatic nitrogens is 3. The number of hydrogen-bond acceptors (Lipinski definition) is 3. The Morgan fingerprint density at radius 3 is 2.92 bits per heavy atom. The van der Waals surface area contributed by atoms with Crippen molar-refractivity contribution in [2.45, 2.75) is 38.8 Å². The second-order valence-electron chi connectivity index (χ2n) is 5.91. The van der Waals surface area contributed by atoms with Gasteiger partial charge in [0.25, 0.3) is 0 Å². The van der Waals surface area contributed by atoms with Gasteiger partial charge in [-0.1, -0.05) is 38.0 Å². The third-order valence-corrected chi connectivity index (χ3v) is 4.11. The molecule has 0 bridgehead atoms. The number of carbonyl (C=O) groups excluding carboxylic acids is 1. The van der Waals surface area contributed by atoms with Gasteiger partial charge in [0.1, 0.15) is 6.54 Å². The van der Waals surface area contributed by atoms with Gasteiger partial charge in [0.2, 0.25) is 5.91 Å². The van der Waals surface area contributed by atoms with Crippen LogP contribution in [0, 0.1) is 0 Å². The Kier molecular flexibility index (Phi) is 5.21. The Balaban J connectivity index is 1.71. The molecule has 5 nitrogen and oxygen atoms in total. The van der Waals surface area contributed by atoms with Crippen molar-refractivity contribution in [3.8, 4) is 0 Å². The topological polar surface area (TPSA) is 59.8 Å². The van der Waals surface area contributed by atoms with Crippen LogP contribution >= 0.6 is 0 Å². The number of pyridine rings is 1. The van der Waals surface area contributed by atoms with Crippen LogP contribution in [0.2, 0.25) is 0 Å². The summed E-state index contributed by atoms with van der Waals surface area (Å²) in [4.78, 5) is 21.0. The molecule has 0 radical (unpaired) electrons. The second kappa shape index (κ2) is 7.73. The van der Waals surface area contributed by atoms with E-state index in [1.165, 1.54) is 0 Å². The minimum atomic E-state index is -0.0110. The lowest BCUT2D eigenvalue weighted by Gasteiger charge is -2.19. The zero-order valence-electron chi connectivity index (χ0n) is 13.9. The Hall–Kier alpha value is -2.69. The lowest BCUT2D eigenvalue weighted by Crippen LogP contribution is -2.31. The molecule has 0 saturated heterocycles. The van der Waals surface area contributed by atoms with Gasteiger partial charge in [-0.25, -0.2) is 4.98 Å². The van der Waals surface area contributed by atoms with Gasteiger partial charge in [-0.05, 0) is 30.2 Å². The molecular weight excluding hydrogens is 300 g/mol. The summed E-state index contributed by atoms with van der Waals surface area (Å²) in [7, 11) is 0. The molecule has 1 amide bonds. The van der Waals surface area contributed by atoms with Crippen molar-refractivity contribution in [2.24, 2.45) is 0 Å². The first kappa shape index (κ1) is 16.2. The Bertz CT molecular complexity index is 797. The molecule has 1 atom stereocenters. The maximum Gasteiger partial charge on any atom is 0.240 e. The quantitative estimate of drug-likeness (QED) is 0.724. The first-order valence-electron chi connectivity index (χ1n) is 8.37. The standard InChI is InChI=1S/C19H22N4O/c1-2-3-8-16(15-7-6-11-20-12-15)22-19(24)13-23-14-21-17-9-4-5-10-18(17)23/h4-7,9-12,14,16H,2-3,8,13H2,1H3,(H,22,24). The van der Waals surface area contributed by atoms with Crippen molar-refractivity contribution in [3.05, 3.63) is 60.7 Å². The Labute approximate surface area is 141 Å². The average Bonchev–Trinajstić information content (AvgIpc) is 3.02. The lowest BCUT2D eigenvalue weighted by atomic mass is 10.0. The van der Waals surface area contributed by atoms with Gasteiger partial charge in [-0.15, -0.1) is 0 Å². The predicted molar refractivity (Wildman–Crippen MR) is 94.4 cm³/mol. The summed E-state index contributed by atoms with van der Waals surface area (Å²) in [5.74, 6) is -0.0110. The molecule has 24 heavy (non-hydrogen) atoms. The maximum absolute atomic E-state index is 12.5. The number of nitrogens with one attached hydrogen (secondary N) is 1. The molecule has 5 heteroatoms. The number of rotatable bonds is 7.